The Bertz CT molecular complexity index is 243. The second kappa shape index (κ2) is 9.27. The summed E-state index contributed by atoms with van der Waals surface area (Å²) in [7, 11) is 1.32. The number of hydrogen-bond acceptors (Lipinski definition) is 4. The first kappa shape index (κ1) is 15.0. The van der Waals surface area contributed by atoms with E-state index in [1.165, 1.54) is 7.11 Å². The van der Waals surface area contributed by atoms with E-state index in [0.717, 1.165) is 5.75 Å². The lowest BCUT2D eigenvalue weighted by Gasteiger charge is -2.15. The molecule has 0 aliphatic heterocycles. The van der Waals surface area contributed by atoms with Crippen LogP contribution in [0.5, 0.6) is 0 Å². The van der Waals surface area contributed by atoms with Crippen LogP contribution in [0.4, 0.5) is 0 Å². The van der Waals surface area contributed by atoms with E-state index in [-0.39, 0.29) is 11.9 Å². The molecule has 0 saturated heterocycles. The zero-order valence-corrected chi connectivity index (χ0v) is 10.6. The minimum Gasteiger partial charge on any atom is -0.467 e. The van der Waals surface area contributed by atoms with Crippen molar-refractivity contribution in [2.45, 2.75) is 25.3 Å². The third-order valence-corrected chi connectivity index (χ3v) is 2.65. The highest BCUT2D eigenvalue weighted by Crippen LogP contribution is 2.03. The normalized spacial score (nSPS) is 11.6. The van der Waals surface area contributed by atoms with Gasteiger partial charge in [0, 0.05) is 6.42 Å². The van der Waals surface area contributed by atoms with Crippen molar-refractivity contribution in [2.24, 2.45) is 0 Å². The Morgan fingerprint density at radius 1 is 1.56 bits per heavy atom. The summed E-state index contributed by atoms with van der Waals surface area (Å²) in [6.45, 7) is 3.54. The van der Waals surface area contributed by atoms with Gasteiger partial charge in [-0.15, -0.1) is 6.58 Å². The van der Waals surface area contributed by atoms with Crippen LogP contribution in [0, 0.1) is 0 Å². The Kier molecular flexibility index (Phi) is 8.71. The van der Waals surface area contributed by atoms with Gasteiger partial charge in [0.05, 0.1) is 7.11 Å². The highest BCUT2D eigenvalue weighted by molar-refractivity contribution is 7.98. The molecule has 0 bridgehead atoms. The van der Waals surface area contributed by atoms with Gasteiger partial charge in [-0.2, -0.15) is 11.8 Å². The van der Waals surface area contributed by atoms with E-state index in [0.29, 0.717) is 19.3 Å². The minimum absolute atomic E-state index is 0.142. The molecule has 0 heterocycles. The van der Waals surface area contributed by atoms with Crippen molar-refractivity contribution in [1.82, 2.24) is 5.32 Å². The zero-order chi connectivity index (χ0) is 12.4. The number of hydrogen-bond donors (Lipinski definition) is 1. The van der Waals surface area contributed by atoms with Gasteiger partial charge < -0.3 is 10.1 Å². The Morgan fingerprint density at radius 2 is 2.25 bits per heavy atom. The maximum Gasteiger partial charge on any atom is 0.328 e. The molecular formula is C11H19NO3S. The first-order valence-corrected chi connectivity index (χ1v) is 6.52. The molecule has 1 amide bonds. The maximum absolute atomic E-state index is 11.4. The van der Waals surface area contributed by atoms with E-state index < -0.39 is 6.04 Å². The maximum atomic E-state index is 11.4. The van der Waals surface area contributed by atoms with Crippen molar-refractivity contribution in [3.8, 4) is 0 Å². The zero-order valence-electron chi connectivity index (χ0n) is 9.82. The average Bonchev–Trinajstić information content (AvgIpc) is 2.30. The largest absolute Gasteiger partial charge is 0.467 e. The predicted molar refractivity (Wildman–Crippen MR) is 66.4 cm³/mol. The van der Waals surface area contributed by atoms with Crippen LogP contribution in [0.1, 0.15) is 19.3 Å². The molecule has 4 nitrogen and oxygen atoms in total. The number of amides is 1. The van der Waals surface area contributed by atoms with E-state index in [1.54, 1.807) is 17.8 Å². The number of carbonyl (C=O) groups excluding carboxylic acids is 2. The number of carbonyl (C=O) groups is 2. The van der Waals surface area contributed by atoms with Gasteiger partial charge in [0.25, 0.3) is 0 Å². The molecule has 16 heavy (non-hydrogen) atoms. The molecule has 0 aromatic heterocycles. The number of esters is 1. The Hall–Kier alpha value is -0.970. The second-order valence-corrected chi connectivity index (χ2v) is 4.24. The SMILES string of the molecule is C=CCCC(=O)N[C@@H](CCSC)C(=O)OC. The van der Waals surface area contributed by atoms with Crippen molar-refractivity contribution < 1.29 is 14.3 Å². The van der Waals surface area contributed by atoms with Crippen LogP contribution in [-0.4, -0.2) is 37.0 Å². The number of allylic oxidation sites excluding steroid dienone is 1. The lowest BCUT2D eigenvalue weighted by Crippen LogP contribution is -2.41. The molecule has 0 rings (SSSR count). The summed E-state index contributed by atoms with van der Waals surface area (Å²) < 4.78 is 4.63. The van der Waals surface area contributed by atoms with Crippen LogP contribution < -0.4 is 5.32 Å². The van der Waals surface area contributed by atoms with Crippen LogP contribution in [0.25, 0.3) is 0 Å². The van der Waals surface area contributed by atoms with E-state index >= 15 is 0 Å². The van der Waals surface area contributed by atoms with Gasteiger partial charge in [0.15, 0.2) is 0 Å². The fraction of sp³-hybridized carbons (Fsp3) is 0.636. The molecule has 1 N–H and O–H groups in total. The topological polar surface area (TPSA) is 55.4 Å². The smallest absolute Gasteiger partial charge is 0.328 e. The van der Waals surface area contributed by atoms with Crippen molar-refractivity contribution in [1.29, 1.82) is 0 Å². The van der Waals surface area contributed by atoms with Gasteiger partial charge in [-0.3, -0.25) is 4.79 Å². The minimum atomic E-state index is -0.533. The van der Waals surface area contributed by atoms with Gasteiger partial charge in [-0.05, 0) is 24.9 Å². The summed E-state index contributed by atoms with van der Waals surface area (Å²) in [6.07, 6.45) is 5.19. The lowest BCUT2D eigenvalue weighted by molar-refractivity contribution is -0.145. The van der Waals surface area contributed by atoms with Crippen molar-refractivity contribution in [3.63, 3.8) is 0 Å². The Morgan fingerprint density at radius 3 is 2.75 bits per heavy atom. The molecule has 0 aromatic rings. The number of rotatable bonds is 8. The van der Waals surface area contributed by atoms with E-state index in [2.05, 4.69) is 16.6 Å². The van der Waals surface area contributed by atoms with Gasteiger partial charge >= 0.3 is 5.97 Å². The summed E-state index contributed by atoms with van der Waals surface area (Å²) in [5.41, 5.74) is 0. The summed E-state index contributed by atoms with van der Waals surface area (Å²) in [4.78, 5) is 22.8. The van der Waals surface area contributed by atoms with Crippen molar-refractivity contribution >= 4 is 23.6 Å². The fourth-order valence-electron chi connectivity index (χ4n) is 1.13. The molecule has 0 fully saturated rings. The molecule has 0 saturated carbocycles. The highest BCUT2D eigenvalue weighted by atomic mass is 32.2. The van der Waals surface area contributed by atoms with Gasteiger partial charge in [0.2, 0.25) is 5.91 Å². The summed E-state index contributed by atoms with van der Waals surface area (Å²) >= 11 is 1.63. The molecule has 0 aliphatic rings. The second-order valence-electron chi connectivity index (χ2n) is 3.25. The molecule has 0 unspecified atom stereocenters. The van der Waals surface area contributed by atoms with Crippen LogP contribution in [0.3, 0.4) is 0 Å². The standard InChI is InChI=1S/C11H19NO3S/c1-4-5-6-10(13)12-9(7-8-16-3)11(14)15-2/h4,9H,1,5-8H2,2-3H3,(H,12,13)/t9-/m0/s1. The lowest BCUT2D eigenvalue weighted by atomic mass is 10.2. The van der Waals surface area contributed by atoms with Gasteiger partial charge in [-0.25, -0.2) is 4.79 Å². The van der Waals surface area contributed by atoms with Gasteiger partial charge in [0.1, 0.15) is 6.04 Å². The molecule has 92 valence electrons. The first-order chi connectivity index (χ1) is 7.65. The first-order valence-electron chi connectivity index (χ1n) is 5.12. The predicted octanol–water partition coefficient (Wildman–Crippen LogP) is 1.36. The fourth-order valence-corrected chi connectivity index (χ4v) is 1.60. The third-order valence-electron chi connectivity index (χ3n) is 2.01. The molecule has 0 spiro atoms. The average molecular weight is 245 g/mol. The van der Waals surface area contributed by atoms with E-state index in [4.69, 9.17) is 0 Å². The van der Waals surface area contributed by atoms with Crippen molar-refractivity contribution in [2.75, 3.05) is 19.1 Å². The van der Waals surface area contributed by atoms with Crippen molar-refractivity contribution in [3.05, 3.63) is 12.7 Å². The number of ether oxygens (including phenoxy) is 1. The van der Waals surface area contributed by atoms with Crippen LogP contribution in [0.15, 0.2) is 12.7 Å². The molecule has 1 atom stereocenters. The number of nitrogens with one attached hydrogen (secondary N) is 1. The quantitative estimate of drug-likeness (QED) is 0.518. The Labute approximate surface area is 101 Å². The summed E-state index contributed by atoms with van der Waals surface area (Å²) in [5.74, 6) is 0.277. The molecule has 0 aliphatic carbocycles. The number of methoxy groups -OCH3 is 1. The Balaban J connectivity index is 4.13. The summed E-state index contributed by atoms with van der Waals surface area (Å²) in [5, 5.41) is 2.66. The molecule has 5 heteroatoms. The van der Waals surface area contributed by atoms with Gasteiger partial charge in [-0.1, -0.05) is 6.08 Å². The van der Waals surface area contributed by atoms with Crippen LogP contribution >= 0.6 is 11.8 Å². The van der Waals surface area contributed by atoms with E-state index in [9.17, 15) is 9.59 Å². The molecular weight excluding hydrogens is 226 g/mol. The number of thioether (sulfide) groups is 1. The van der Waals surface area contributed by atoms with E-state index in [1.807, 2.05) is 6.26 Å². The molecule has 0 radical (unpaired) electrons. The molecule has 0 aromatic carbocycles. The summed E-state index contributed by atoms with van der Waals surface area (Å²) in [6, 6.07) is -0.533. The highest BCUT2D eigenvalue weighted by Gasteiger charge is 2.20. The van der Waals surface area contributed by atoms with Crippen LogP contribution in [0.2, 0.25) is 0 Å². The monoisotopic (exact) mass is 245 g/mol. The van der Waals surface area contributed by atoms with Crippen LogP contribution in [-0.2, 0) is 14.3 Å². The third kappa shape index (κ3) is 6.50.